The fraction of sp³-hybridized carbons (Fsp3) is 0.238. The van der Waals surface area contributed by atoms with E-state index in [4.69, 9.17) is 18.9 Å². The lowest BCUT2D eigenvalue weighted by Crippen LogP contribution is -2.20. The normalized spacial score (nSPS) is 10.4. The number of methoxy groups -OCH3 is 2. The molecule has 0 saturated carbocycles. The van der Waals surface area contributed by atoms with E-state index in [9.17, 15) is 9.59 Å². The number of carbonyl (C=O) groups is 2. The molecule has 28 heavy (non-hydrogen) atoms. The van der Waals surface area contributed by atoms with Crippen molar-refractivity contribution >= 4 is 23.6 Å². The van der Waals surface area contributed by atoms with E-state index in [1.165, 1.54) is 13.2 Å². The number of carbonyl (C=O) groups excluding carboxylic acids is 2. The summed E-state index contributed by atoms with van der Waals surface area (Å²) in [5, 5.41) is 2.66. The topological polar surface area (TPSA) is 83.1 Å². The van der Waals surface area contributed by atoms with Crippen molar-refractivity contribution in [3.05, 3.63) is 54.1 Å². The first-order valence-electron chi connectivity index (χ1n) is 8.66. The molecule has 0 atom stereocenters. The molecule has 2 rings (SSSR count). The Hall–Kier alpha value is -3.48. The van der Waals surface area contributed by atoms with E-state index in [1.54, 1.807) is 55.7 Å². The van der Waals surface area contributed by atoms with Crippen LogP contribution < -0.4 is 19.5 Å². The molecule has 0 aromatic heterocycles. The minimum absolute atomic E-state index is 0.413. The van der Waals surface area contributed by atoms with E-state index in [0.717, 1.165) is 0 Å². The number of amides is 1. The van der Waals surface area contributed by atoms with Crippen LogP contribution >= 0.6 is 0 Å². The van der Waals surface area contributed by atoms with Crippen molar-refractivity contribution in [2.45, 2.75) is 6.92 Å². The van der Waals surface area contributed by atoms with E-state index < -0.39 is 18.5 Å². The number of hydrogen-bond acceptors (Lipinski definition) is 6. The fourth-order valence-corrected chi connectivity index (χ4v) is 2.34. The second kappa shape index (κ2) is 10.6. The molecule has 0 aliphatic rings. The highest BCUT2D eigenvalue weighted by Crippen LogP contribution is 2.25. The van der Waals surface area contributed by atoms with Gasteiger partial charge in [0.05, 0.1) is 26.5 Å². The standard InChI is InChI=1S/C21H23NO6/c1-4-27-18-8-6-5-7-17(18)22-20(23)14-28-21(24)12-10-15-9-11-16(25-2)13-19(15)26-3/h5-13H,4,14H2,1-3H3,(H,22,23). The van der Waals surface area contributed by atoms with Gasteiger partial charge in [0, 0.05) is 17.7 Å². The molecule has 148 valence electrons. The van der Waals surface area contributed by atoms with E-state index in [1.807, 2.05) is 6.92 Å². The monoisotopic (exact) mass is 385 g/mol. The Balaban J connectivity index is 1.90. The average molecular weight is 385 g/mol. The van der Waals surface area contributed by atoms with Gasteiger partial charge in [-0.2, -0.15) is 0 Å². The van der Waals surface area contributed by atoms with E-state index >= 15 is 0 Å². The third-order valence-electron chi connectivity index (χ3n) is 3.65. The lowest BCUT2D eigenvalue weighted by Gasteiger charge is -2.11. The van der Waals surface area contributed by atoms with Gasteiger partial charge in [0.1, 0.15) is 17.2 Å². The molecule has 2 aromatic carbocycles. The third kappa shape index (κ3) is 6.05. The fourth-order valence-electron chi connectivity index (χ4n) is 2.34. The molecule has 0 aliphatic carbocycles. The summed E-state index contributed by atoms with van der Waals surface area (Å²) in [5.74, 6) is 0.632. The summed E-state index contributed by atoms with van der Waals surface area (Å²) >= 11 is 0. The number of rotatable bonds is 9. The zero-order valence-electron chi connectivity index (χ0n) is 16.1. The van der Waals surface area contributed by atoms with Gasteiger partial charge in [-0.15, -0.1) is 0 Å². The minimum Gasteiger partial charge on any atom is -0.497 e. The van der Waals surface area contributed by atoms with Crippen LogP contribution in [-0.2, 0) is 14.3 Å². The highest BCUT2D eigenvalue weighted by atomic mass is 16.5. The van der Waals surface area contributed by atoms with Crippen LogP contribution in [0.5, 0.6) is 17.2 Å². The summed E-state index contributed by atoms with van der Waals surface area (Å²) in [6.07, 6.45) is 2.77. The Kier molecular flexibility index (Phi) is 7.90. The van der Waals surface area contributed by atoms with Gasteiger partial charge < -0.3 is 24.3 Å². The third-order valence-corrected chi connectivity index (χ3v) is 3.65. The molecule has 1 amide bonds. The Morgan fingerprint density at radius 2 is 1.82 bits per heavy atom. The first-order chi connectivity index (χ1) is 13.6. The van der Waals surface area contributed by atoms with Gasteiger partial charge in [0.2, 0.25) is 0 Å². The number of benzene rings is 2. The molecule has 1 N–H and O–H groups in total. The van der Waals surface area contributed by atoms with Crippen LogP contribution in [0.15, 0.2) is 48.5 Å². The number of hydrogen-bond donors (Lipinski definition) is 1. The van der Waals surface area contributed by atoms with Crippen LogP contribution in [0.4, 0.5) is 5.69 Å². The van der Waals surface area contributed by atoms with Gasteiger partial charge in [-0.05, 0) is 37.3 Å². The molecule has 7 heteroatoms. The predicted octanol–water partition coefficient (Wildman–Crippen LogP) is 3.30. The zero-order valence-corrected chi connectivity index (χ0v) is 16.1. The summed E-state index contributed by atoms with van der Waals surface area (Å²) in [6.45, 7) is 1.91. The number of anilines is 1. The van der Waals surface area contributed by atoms with Crippen molar-refractivity contribution in [1.29, 1.82) is 0 Å². The van der Waals surface area contributed by atoms with Crippen LogP contribution in [0.25, 0.3) is 6.08 Å². The van der Waals surface area contributed by atoms with Crippen molar-refractivity contribution in [3.63, 3.8) is 0 Å². The second-order valence-corrected chi connectivity index (χ2v) is 5.53. The van der Waals surface area contributed by atoms with Gasteiger partial charge in [0.15, 0.2) is 6.61 Å². The van der Waals surface area contributed by atoms with Gasteiger partial charge >= 0.3 is 5.97 Å². The van der Waals surface area contributed by atoms with Crippen LogP contribution in [0.1, 0.15) is 12.5 Å². The molecular formula is C21H23NO6. The predicted molar refractivity (Wildman–Crippen MR) is 106 cm³/mol. The number of para-hydroxylation sites is 2. The molecule has 0 bridgehead atoms. The molecule has 0 aliphatic heterocycles. The molecule has 0 fully saturated rings. The summed E-state index contributed by atoms with van der Waals surface area (Å²) in [4.78, 5) is 23.9. The van der Waals surface area contributed by atoms with Crippen LogP contribution in [0.2, 0.25) is 0 Å². The lowest BCUT2D eigenvalue weighted by molar-refractivity contribution is -0.142. The van der Waals surface area contributed by atoms with E-state index in [2.05, 4.69) is 5.32 Å². The first-order valence-corrected chi connectivity index (χ1v) is 8.66. The Morgan fingerprint density at radius 3 is 2.54 bits per heavy atom. The maximum absolute atomic E-state index is 12.0. The SMILES string of the molecule is CCOc1ccccc1NC(=O)COC(=O)C=Cc1ccc(OC)cc1OC. The Labute approximate surface area is 163 Å². The molecule has 0 radical (unpaired) electrons. The molecule has 0 saturated heterocycles. The maximum Gasteiger partial charge on any atom is 0.331 e. The lowest BCUT2D eigenvalue weighted by atomic mass is 10.2. The summed E-state index contributed by atoms with van der Waals surface area (Å²) in [7, 11) is 3.08. The molecular weight excluding hydrogens is 362 g/mol. The molecule has 2 aromatic rings. The van der Waals surface area contributed by atoms with Gasteiger partial charge in [0.25, 0.3) is 5.91 Å². The highest BCUT2D eigenvalue weighted by Gasteiger charge is 2.09. The minimum atomic E-state index is -0.647. The van der Waals surface area contributed by atoms with E-state index in [-0.39, 0.29) is 0 Å². The van der Waals surface area contributed by atoms with Crippen molar-refractivity contribution < 1.29 is 28.5 Å². The first kappa shape index (κ1) is 20.8. The summed E-state index contributed by atoms with van der Waals surface area (Å²) in [5.41, 5.74) is 1.19. The van der Waals surface area contributed by atoms with E-state index in [0.29, 0.717) is 35.1 Å². The largest absolute Gasteiger partial charge is 0.497 e. The van der Waals surface area contributed by atoms with Crippen LogP contribution in [0, 0.1) is 0 Å². The average Bonchev–Trinajstić information content (AvgIpc) is 2.72. The van der Waals surface area contributed by atoms with Crippen LogP contribution in [0.3, 0.4) is 0 Å². The summed E-state index contributed by atoms with van der Waals surface area (Å²) in [6, 6.07) is 12.2. The van der Waals surface area contributed by atoms with Crippen molar-refractivity contribution in [2.24, 2.45) is 0 Å². The molecule has 0 unspecified atom stereocenters. The van der Waals surface area contributed by atoms with Gasteiger partial charge in [-0.3, -0.25) is 4.79 Å². The van der Waals surface area contributed by atoms with Crippen molar-refractivity contribution in [1.82, 2.24) is 0 Å². The Bertz CT molecular complexity index is 847. The number of nitrogens with one attached hydrogen (secondary N) is 1. The number of esters is 1. The molecule has 0 heterocycles. The maximum atomic E-state index is 12.0. The quantitative estimate of drug-likeness (QED) is 0.527. The smallest absolute Gasteiger partial charge is 0.331 e. The number of ether oxygens (including phenoxy) is 4. The summed E-state index contributed by atoms with van der Waals surface area (Å²) < 4.78 is 20.8. The Morgan fingerprint density at radius 1 is 1.04 bits per heavy atom. The van der Waals surface area contributed by atoms with Crippen molar-refractivity contribution in [2.75, 3.05) is 32.8 Å². The van der Waals surface area contributed by atoms with Crippen molar-refractivity contribution in [3.8, 4) is 17.2 Å². The second-order valence-electron chi connectivity index (χ2n) is 5.53. The highest BCUT2D eigenvalue weighted by molar-refractivity contribution is 5.95. The van der Waals surface area contributed by atoms with Gasteiger partial charge in [-0.1, -0.05) is 12.1 Å². The molecule has 0 spiro atoms. The molecule has 7 nitrogen and oxygen atoms in total. The van der Waals surface area contributed by atoms with Crippen LogP contribution in [-0.4, -0.2) is 39.3 Å². The van der Waals surface area contributed by atoms with Gasteiger partial charge in [-0.25, -0.2) is 4.79 Å². The zero-order chi connectivity index (χ0) is 20.4.